The van der Waals surface area contributed by atoms with Gasteiger partial charge in [0.15, 0.2) is 12.1 Å². The SMILES string of the molecule is CO[C@]1(C)C[C@@H](C)CN(C)CCC(N(C)C(=O)CN(C)C(C)C)CCCOC(=O)C(C)(C)C(=O)[C@H](C)[C@H]1O[C@@H]1O[C@H](C)C[C@H](N(C)C)[C@H]1O. The third-order valence-corrected chi connectivity index (χ3v) is 11.0. The second kappa shape index (κ2) is 18.7. The molecule has 0 aliphatic carbocycles. The number of ether oxygens (including phenoxy) is 4. The Balaban J connectivity index is 2.45. The molecule has 9 atom stereocenters. The second-order valence-corrected chi connectivity index (χ2v) is 16.2. The average molecular weight is 699 g/mol. The van der Waals surface area contributed by atoms with Gasteiger partial charge in [-0.15, -0.1) is 0 Å². The first-order chi connectivity index (χ1) is 22.7. The summed E-state index contributed by atoms with van der Waals surface area (Å²) in [6.07, 6.45) is 0.198. The van der Waals surface area contributed by atoms with E-state index in [0.717, 1.165) is 19.5 Å². The van der Waals surface area contributed by atoms with Crippen LogP contribution in [0.3, 0.4) is 0 Å². The molecule has 0 radical (unpaired) electrons. The number of cyclic esters (lactones) is 1. The molecule has 286 valence electrons. The molecule has 1 unspecified atom stereocenters. The van der Waals surface area contributed by atoms with Gasteiger partial charge < -0.3 is 38.8 Å². The van der Waals surface area contributed by atoms with Crippen molar-refractivity contribution in [3.63, 3.8) is 0 Å². The minimum Gasteiger partial charge on any atom is -0.465 e. The molecule has 1 N–H and O–H groups in total. The zero-order valence-electron chi connectivity index (χ0n) is 33.2. The lowest BCUT2D eigenvalue weighted by atomic mass is 9.74. The topological polar surface area (TPSA) is 121 Å². The van der Waals surface area contributed by atoms with Gasteiger partial charge in [-0.3, -0.25) is 19.3 Å². The molecule has 2 saturated heterocycles. The van der Waals surface area contributed by atoms with Crippen molar-refractivity contribution in [2.45, 2.75) is 136 Å². The summed E-state index contributed by atoms with van der Waals surface area (Å²) >= 11 is 0. The minimum absolute atomic E-state index is 0.0350. The van der Waals surface area contributed by atoms with Gasteiger partial charge >= 0.3 is 5.97 Å². The maximum absolute atomic E-state index is 14.3. The molecule has 0 aromatic rings. The van der Waals surface area contributed by atoms with Gasteiger partial charge in [0.25, 0.3) is 0 Å². The number of hydrogen-bond donors (Lipinski definition) is 1. The predicted octanol–water partition coefficient (Wildman–Crippen LogP) is 3.29. The monoisotopic (exact) mass is 699 g/mol. The van der Waals surface area contributed by atoms with Crippen LogP contribution in [-0.2, 0) is 33.3 Å². The fourth-order valence-electron chi connectivity index (χ4n) is 7.37. The first-order valence-corrected chi connectivity index (χ1v) is 18.2. The van der Waals surface area contributed by atoms with Crippen LogP contribution in [0, 0.1) is 17.3 Å². The summed E-state index contributed by atoms with van der Waals surface area (Å²) in [6, 6.07) is 0.0185. The van der Waals surface area contributed by atoms with E-state index in [1.165, 1.54) is 0 Å². The standard InChI is InChI=1S/C37H70N4O8/c1-24(2)40(12)23-30(42)41(13)28-16-15-19-47-35(45)36(6,7)32(44)27(5)33(37(8,46-14)21-25(3)22-39(11)18-17-28)49-34-31(43)29(38(9)10)20-26(4)48-34/h24-29,31,33-34,43H,15-23H2,1-14H3/t25-,26-,27+,28?,29+,31-,33-,34+,37-/m1/s1. The number of aliphatic hydroxyl groups excluding tert-OH is 1. The molecule has 0 aromatic carbocycles. The van der Waals surface area contributed by atoms with E-state index in [1.54, 1.807) is 27.9 Å². The maximum Gasteiger partial charge on any atom is 0.319 e. The molecule has 2 aliphatic heterocycles. The molecule has 2 rings (SSSR count). The number of carbonyl (C=O) groups is 3. The summed E-state index contributed by atoms with van der Waals surface area (Å²) in [5, 5.41) is 11.4. The van der Waals surface area contributed by atoms with Crippen molar-refractivity contribution >= 4 is 17.7 Å². The van der Waals surface area contributed by atoms with Gasteiger partial charge in [0.2, 0.25) is 5.91 Å². The smallest absolute Gasteiger partial charge is 0.319 e. The van der Waals surface area contributed by atoms with Crippen LogP contribution in [0.1, 0.15) is 87.5 Å². The highest BCUT2D eigenvalue weighted by Gasteiger charge is 2.51. The highest BCUT2D eigenvalue weighted by Crippen LogP contribution is 2.38. The summed E-state index contributed by atoms with van der Waals surface area (Å²) in [5.74, 6) is -1.55. The van der Waals surface area contributed by atoms with Crippen LogP contribution < -0.4 is 0 Å². The van der Waals surface area contributed by atoms with E-state index in [1.807, 2.05) is 56.7 Å². The first kappa shape index (κ1) is 43.5. The lowest BCUT2D eigenvalue weighted by molar-refractivity contribution is -0.295. The molecule has 12 heteroatoms. The third kappa shape index (κ3) is 11.7. The van der Waals surface area contributed by atoms with Crippen molar-refractivity contribution in [3.05, 3.63) is 0 Å². The van der Waals surface area contributed by atoms with Crippen LogP contribution in [0.2, 0.25) is 0 Å². The van der Waals surface area contributed by atoms with E-state index < -0.39 is 41.4 Å². The number of aliphatic hydroxyl groups is 1. The molecule has 12 nitrogen and oxygen atoms in total. The number of methoxy groups -OCH3 is 1. The molecule has 0 spiro atoms. The number of nitrogens with zero attached hydrogens (tertiary/aromatic N) is 4. The highest BCUT2D eigenvalue weighted by atomic mass is 16.7. The summed E-state index contributed by atoms with van der Waals surface area (Å²) in [6.45, 7) is 17.1. The fraction of sp³-hybridized carbons (Fsp3) is 0.919. The van der Waals surface area contributed by atoms with Gasteiger partial charge in [-0.2, -0.15) is 0 Å². The summed E-state index contributed by atoms with van der Waals surface area (Å²) in [5.41, 5.74) is -2.44. The van der Waals surface area contributed by atoms with Crippen molar-refractivity contribution in [3.8, 4) is 0 Å². The Hall–Kier alpha value is -1.67. The number of ketones is 1. The van der Waals surface area contributed by atoms with E-state index in [4.69, 9.17) is 18.9 Å². The van der Waals surface area contributed by atoms with Gasteiger partial charge in [-0.1, -0.05) is 13.8 Å². The zero-order chi connectivity index (χ0) is 37.4. The molecule has 49 heavy (non-hydrogen) atoms. The van der Waals surface area contributed by atoms with Crippen LogP contribution in [0.4, 0.5) is 0 Å². The Kier molecular flexibility index (Phi) is 16.6. The number of likely N-dealkylation sites (N-methyl/N-ethyl adjacent to an activating group) is 3. The number of esters is 1. The fourth-order valence-corrected chi connectivity index (χ4v) is 7.37. The first-order valence-electron chi connectivity index (χ1n) is 18.2. The molecule has 0 aromatic heterocycles. The van der Waals surface area contributed by atoms with Crippen molar-refractivity contribution in [1.82, 2.24) is 19.6 Å². The number of amides is 1. The maximum atomic E-state index is 14.3. The predicted molar refractivity (Wildman–Crippen MR) is 191 cm³/mol. The number of Topliss-reactive ketones (excluding diaryl/α,β-unsaturated/α-hetero) is 1. The van der Waals surface area contributed by atoms with Crippen molar-refractivity contribution < 1.29 is 38.4 Å². The van der Waals surface area contributed by atoms with E-state index in [0.29, 0.717) is 32.2 Å². The molecule has 0 bridgehead atoms. The van der Waals surface area contributed by atoms with E-state index in [2.05, 4.69) is 32.7 Å². The van der Waals surface area contributed by atoms with Crippen molar-refractivity contribution in [1.29, 1.82) is 0 Å². The Morgan fingerprint density at radius 2 is 1.71 bits per heavy atom. The lowest BCUT2D eigenvalue weighted by Crippen LogP contribution is -2.59. The normalized spacial score (nSPS) is 35.0. The third-order valence-electron chi connectivity index (χ3n) is 11.0. The molecular formula is C37H70N4O8. The van der Waals surface area contributed by atoms with Crippen molar-refractivity contribution in [2.24, 2.45) is 17.3 Å². The van der Waals surface area contributed by atoms with Crippen molar-refractivity contribution in [2.75, 3.05) is 68.6 Å². The van der Waals surface area contributed by atoms with Gasteiger partial charge in [0, 0.05) is 44.7 Å². The van der Waals surface area contributed by atoms with Crippen LogP contribution in [0.25, 0.3) is 0 Å². The largest absolute Gasteiger partial charge is 0.465 e. The van der Waals surface area contributed by atoms with E-state index in [-0.39, 0.29) is 48.4 Å². The Bertz CT molecular complexity index is 1070. The molecule has 2 aliphatic rings. The Morgan fingerprint density at radius 1 is 1.08 bits per heavy atom. The molecule has 0 saturated carbocycles. The highest BCUT2D eigenvalue weighted by molar-refractivity contribution is 6.04. The van der Waals surface area contributed by atoms with Crippen LogP contribution >= 0.6 is 0 Å². The summed E-state index contributed by atoms with van der Waals surface area (Å²) < 4.78 is 24.8. The van der Waals surface area contributed by atoms with Gasteiger partial charge in [-0.05, 0) is 114 Å². The number of rotatable bonds is 8. The van der Waals surface area contributed by atoms with Gasteiger partial charge in [-0.25, -0.2) is 0 Å². The molecule has 1 amide bonds. The van der Waals surface area contributed by atoms with Crippen LogP contribution in [0.15, 0.2) is 0 Å². The second-order valence-electron chi connectivity index (χ2n) is 16.2. The molecular weight excluding hydrogens is 628 g/mol. The van der Waals surface area contributed by atoms with Crippen LogP contribution in [-0.4, -0.2) is 159 Å². The Labute approximate surface area is 297 Å². The van der Waals surface area contributed by atoms with E-state index in [9.17, 15) is 19.5 Å². The number of carbonyl (C=O) groups excluding carboxylic acids is 3. The van der Waals surface area contributed by atoms with Gasteiger partial charge in [0.05, 0.1) is 31.0 Å². The number of hydrogen-bond acceptors (Lipinski definition) is 11. The average Bonchev–Trinajstić information content (AvgIpc) is 3.02. The van der Waals surface area contributed by atoms with E-state index >= 15 is 0 Å². The summed E-state index contributed by atoms with van der Waals surface area (Å²) in [7, 11) is 11.3. The summed E-state index contributed by atoms with van der Waals surface area (Å²) in [4.78, 5) is 49.2. The molecule has 2 heterocycles. The van der Waals surface area contributed by atoms with Crippen LogP contribution in [0.5, 0.6) is 0 Å². The lowest BCUT2D eigenvalue weighted by Gasteiger charge is -2.47. The quantitative estimate of drug-likeness (QED) is 0.297. The Morgan fingerprint density at radius 3 is 2.29 bits per heavy atom. The minimum atomic E-state index is -1.46. The van der Waals surface area contributed by atoms with Gasteiger partial charge in [0.1, 0.15) is 11.5 Å². The molecule has 2 fully saturated rings. The zero-order valence-corrected chi connectivity index (χ0v) is 33.2.